The minimum absolute atomic E-state index is 0.110. The minimum atomic E-state index is -0.207. The fourth-order valence-corrected chi connectivity index (χ4v) is 1.86. The summed E-state index contributed by atoms with van der Waals surface area (Å²) in [6.07, 6.45) is 2.74. The quantitative estimate of drug-likeness (QED) is 0.423. The fraction of sp³-hybridized carbons (Fsp3) is 1.00. The molecule has 0 aromatic heterocycles. The maximum absolute atomic E-state index is 8.97. The third-order valence-electron chi connectivity index (χ3n) is 2.55. The van der Waals surface area contributed by atoms with Gasteiger partial charge in [0.25, 0.3) is 0 Å². The van der Waals surface area contributed by atoms with Crippen LogP contribution in [0.2, 0.25) is 0 Å². The first-order valence-electron chi connectivity index (χ1n) is 5.32. The molecule has 0 spiro atoms. The lowest BCUT2D eigenvalue weighted by Gasteiger charge is -2.34. The molecule has 4 N–H and O–H groups in total. The van der Waals surface area contributed by atoms with Gasteiger partial charge in [-0.3, -0.25) is 0 Å². The van der Waals surface area contributed by atoms with Crippen LogP contribution in [0.1, 0.15) is 32.6 Å². The van der Waals surface area contributed by atoms with Crippen LogP contribution in [0.3, 0.4) is 0 Å². The predicted molar refractivity (Wildman–Crippen MR) is 56.1 cm³/mol. The highest BCUT2D eigenvalue weighted by molar-refractivity contribution is 4.87. The fourth-order valence-electron chi connectivity index (χ4n) is 1.86. The van der Waals surface area contributed by atoms with Gasteiger partial charge in [0.15, 0.2) is 0 Å². The van der Waals surface area contributed by atoms with Crippen molar-refractivity contribution in [1.29, 1.82) is 0 Å². The molecule has 14 heavy (non-hydrogen) atoms. The number of aliphatic hydroxyl groups excluding tert-OH is 3. The zero-order valence-electron chi connectivity index (χ0n) is 9.00. The number of hydrogen-bond donors (Lipinski definition) is 4. The zero-order valence-corrected chi connectivity index (χ0v) is 9.00. The molecule has 0 heterocycles. The Morgan fingerprint density at radius 1 is 0.929 bits per heavy atom. The van der Waals surface area contributed by atoms with Gasteiger partial charge in [0.1, 0.15) is 0 Å². The Kier molecular flexibility index (Phi) is 8.08. The smallest absolute Gasteiger partial charge is 0.0448 e. The summed E-state index contributed by atoms with van der Waals surface area (Å²) in [6, 6.07) is 0. The third-order valence-corrected chi connectivity index (χ3v) is 2.55. The first kappa shape index (κ1) is 13.8. The van der Waals surface area contributed by atoms with Crippen molar-refractivity contribution in [3.8, 4) is 0 Å². The lowest BCUT2D eigenvalue weighted by Crippen LogP contribution is -2.46. The summed E-state index contributed by atoms with van der Waals surface area (Å²) in [6.45, 7) is 3.19. The molecular weight excluding hydrogens is 182 g/mol. The molecule has 0 aliphatic rings. The lowest BCUT2D eigenvalue weighted by atomic mass is 9.86. The van der Waals surface area contributed by atoms with Gasteiger partial charge in [-0.25, -0.2) is 0 Å². The van der Waals surface area contributed by atoms with E-state index in [4.69, 9.17) is 15.3 Å². The van der Waals surface area contributed by atoms with E-state index in [-0.39, 0.29) is 25.4 Å². The van der Waals surface area contributed by atoms with E-state index in [0.29, 0.717) is 19.3 Å². The summed E-state index contributed by atoms with van der Waals surface area (Å²) in [5.74, 6) is 0. The van der Waals surface area contributed by atoms with Gasteiger partial charge in [-0.05, 0) is 32.2 Å². The normalized spacial score (nSPS) is 12.0. The second-order valence-corrected chi connectivity index (χ2v) is 3.59. The van der Waals surface area contributed by atoms with Gasteiger partial charge >= 0.3 is 0 Å². The predicted octanol–water partition coefficient (Wildman–Crippen LogP) is -0.128. The van der Waals surface area contributed by atoms with E-state index in [1.807, 2.05) is 6.92 Å². The maximum atomic E-state index is 8.97. The van der Waals surface area contributed by atoms with E-state index in [1.165, 1.54) is 0 Å². The van der Waals surface area contributed by atoms with E-state index in [2.05, 4.69) is 5.32 Å². The molecule has 0 aliphatic carbocycles. The van der Waals surface area contributed by atoms with Crippen LogP contribution >= 0.6 is 0 Å². The summed E-state index contributed by atoms with van der Waals surface area (Å²) < 4.78 is 0. The minimum Gasteiger partial charge on any atom is -0.396 e. The Labute approximate surface area is 86.0 Å². The molecule has 0 rings (SSSR count). The summed E-state index contributed by atoms with van der Waals surface area (Å²) in [5.41, 5.74) is -0.207. The second kappa shape index (κ2) is 8.17. The largest absolute Gasteiger partial charge is 0.396 e. The highest BCUT2D eigenvalue weighted by atomic mass is 16.3. The molecule has 0 radical (unpaired) electrons. The monoisotopic (exact) mass is 205 g/mol. The van der Waals surface area contributed by atoms with E-state index in [1.54, 1.807) is 0 Å². The van der Waals surface area contributed by atoms with Gasteiger partial charge in [-0.1, -0.05) is 6.92 Å². The van der Waals surface area contributed by atoms with Crippen molar-refractivity contribution in [3.05, 3.63) is 0 Å². The molecule has 0 atom stereocenters. The SMILES string of the molecule is CCNC(CCO)(CCO)CCCO. The van der Waals surface area contributed by atoms with Crippen LogP contribution in [0.25, 0.3) is 0 Å². The van der Waals surface area contributed by atoms with Crippen LogP contribution in [-0.2, 0) is 0 Å². The zero-order chi connectivity index (χ0) is 10.9. The average molecular weight is 205 g/mol. The van der Waals surface area contributed by atoms with Crippen molar-refractivity contribution in [2.45, 2.75) is 38.1 Å². The van der Waals surface area contributed by atoms with E-state index in [9.17, 15) is 0 Å². The van der Waals surface area contributed by atoms with Crippen LogP contribution < -0.4 is 5.32 Å². The van der Waals surface area contributed by atoms with Crippen molar-refractivity contribution in [2.24, 2.45) is 0 Å². The van der Waals surface area contributed by atoms with Crippen molar-refractivity contribution in [2.75, 3.05) is 26.4 Å². The molecule has 86 valence electrons. The van der Waals surface area contributed by atoms with Gasteiger partial charge in [0.2, 0.25) is 0 Å². The number of rotatable bonds is 9. The van der Waals surface area contributed by atoms with Crippen LogP contribution in [0.5, 0.6) is 0 Å². The first-order valence-corrected chi connectivity index (χ1v) is 5.32. The van der Waals surface area contributed by atoms with Gasteiger partial charge in [0, 0.05) is 25.4 Å². The van der Waals surface area contributed by atoms with Gasteiger partial charge < -0.3 is 20.6 Å². The number of aliphatic hydroxyl groups is 3. The molecule has 0 bridgehead atoms. The number of nitrogens with one attached hydrogen (secondary N) is 1. The number of hydrogen-bond acceptors (Lipinski definition) is 4. The Balaban J connectivity index is 4.21. The van der Waals surface area contributed by atoms with Gasteiger partial charge in [-0.15, -0.1) is 0 Å². The topological polar surface area (TPSA) is 72.7 Å². The Morgan fingerprint density at radius 3 is 1.86 bits per heavy atom. The Morgan fingerprint density at radius 2 is 1.50 bits per heavy atom. The van der Waals surface area contributed by atoms with E-state index in [0.717, 1.165) is 13.0 Å². The summed E-state index contributed by atoms with van der Waals surface area (Å²) in [5, 5.41) is 30.0. The van der Waals surface area contributed by atoms with E-state index < -0.39 is 0 Å². The molecule has 0 saturated heterocycles. The molecular formula is C10H23NO3. The van der Waals surface area contributed by atoms with Crippen LogP contribution in [-0.4, -0.2) is 47.2 Å². The van der Waals surface area contributed by atoms with E-state index >= 15 is 0 Å². The van der Waals surface area contributed by atoms with Crippen LogP contribution in [0, 0.1) is 0 Å². The standard InChI is InChI=1S/C10H23NO3/c1-2-11-10(5-8-13,6-9-14)4-3-7-12/h11-14H,2-9H2,1H3. The van der Waals surface area contributed by atoms with Crippen LogP contribution in [0.4, 0.5) is 0 Å². The van der Waals surface area contributed by atoms with Crippen molar-refractivity contribution >= 4 is 0 Å². The Hall–Kier alpha value is -0.160. The molecule has 0 aromatic rings. The van der Waals surface area contributed by atoms with Gasteiger partial charge in [0.05, 0.1) is 0 Å². The van der Waals surface area contributed by atoms with Gasteiger partial charge in [-0.2, -0.15) is 0 Å². The average Bonchev–Trinajstić information content (AvgIpc) is 2.16. The molecule has 0 fully saturated rings. The molecule has 0 amide bonds. The molecule has 4 heteroatoms. The molecule has 0 saturated carbocycles. The molecule has 0 aliphatic heterocycles. The summed E-state index contributed by atoms with van der Waals surface area (Å²) in [7, 11) is 0. The first-order chi connectivity index (χ1) is 6.74. The third kappa shape index (κ3) is 4.91. The van der Waals surface area contributed by atoms with Crippen molar-refractivity contribution in [3.63, 3.8) is 0 Å². The highest BCUT2D eigenvalue weighted by Crippen LogP contribution is 2.21. The molecule has 0 aromatic carbocycles. The Bertz CT molecular complexity index is 114. The van der Waals surface area contributed by atoms with Crippen LogP contribution in [0.15, 0.2) is 0 Å². The molecule has 4 nitrogen and oxygen atoms in total. The summed E-state index contributed by atoms with van der Waals surface area (Å²) in [4.78, 5) is 0. The maximum Gasteiger partial charge on any atom is 0.0448 e. The van der Waals surface area contributed by atoms with Crippen molar-refractivity contribution in [1.82, 2.24) is 5.32 Å². The van der Waals surface area contributed by atoms with Crippen molar-refractivity contribution < 1.29 is 15.3 Å². The summed E-state index contributed by atoms with van der Waals surface area (Å²) >= 11 is 0. The second-order valence-electron chi connectivity index (χ2n) is 3.59. The highest BCUT2D eigenvalue weighted by Gasteiger charge is 2.26. The lowest BCUT2D eigenvalue weighted by molar-refractivity contribution is 0.146. The molecule has 0 unspecified atom stereocenters.